The lowest BCUT2D eigenvalue weighted by Gasteiger charge is -2.33. The van der Waals surface area contributed by atoms with Crippen LogP contribution in [0.3, 0.4) is 0 Å². The second-order valence-electron chi connectivity index (χ2n) is 4.36. The number of halogens is 2. The summed E-state index contributed by atoms with van der Waals surface area (Å²) in [4.78, 5) is 13.4. The van der Waals surface area contributed by atoms with Gasteiger partial charge >= 0.3 is 5.97 Å². The summed E-state index contributed by atoms with van der Waals surface area (Å²) < 4.78 is 36.2. The Labute approximate surface area is 109 Å². The van der Waals surface area contributed by atoms with E-state index >= 15 is 0 Å². The number of carbonyl (C=O) groups is 1. The molecule has 1 aliphatic heterocycles. The monoisotopic (exact) mass is 271 g/mol. The maximum atomic E-state index is 13.1. The number of hydrogen-bond donors (Lipinski definition) is 0. The van der Waals surface area contributed by atoms with Crippen LogP contribution >= 0.6 is 0 Å². The normalized spacial score (nSPS) is 20.3. The van der Waals surface area contributed by atoms with E-state index in [4.69, 9.17) is 9.47 Å². The third-order valence-electron chi connectivity index (χ3n) is 3.02. The van der Waals surface area contributed by atoms with Crippen LogP contribution < -0.4 is 0 Å². The van der Waals surface area contributed by atoms with E-state index in [1.165, 1.54) is 19.2 Å². The summed E-state index contributed by atoms with van der Waals surface area (Å²) in [6.45, 7) is 1.49. The van der Waals surface area contributed by atoms with E-state index in [2.05, 4.69) is 0 Å². The number of carbonyl (C=O) groups excluding carboxylic acids is 1. The maximum absolute atomic E-state index is 13.1. The highest BCUT2D eigenvalue weighted by Crippen LogP contribution is 2.15. The van der Waals surface area contributed by atoms with Gasteiger partial charge in [0.1, 0.15) is 17.7 Å². The molecule has 0 saturated carbocycles. The molecule has 0 N–H and O–H groups in total. The fourth-order valence-corrected chi connectivity index (χ4v) is 2.12. The summed E-state index contributed by atoms with van der Waals surface area (Å²) >= 11 is 0. The molecular formula is C13H15F2NO3. The van der Waals surface area contributed by atoms with Gasteiger partial charge in [-0.1, -0.05) is 0 Å². The Hall–Kier alpha value is -1.53. The van der Waals surface area contributed by atoms with Crippen molar-refractivity contribution >= 4 is 5.97 Å². The van der Waals surface area contributed by atoms with Crippen LogP contribution in [0.2, 0.25) is 0 Å². The van der Waals surface area contributed by atoms with E-state index in [0.29, 0.717) is 18.7 Å². The van der Waals surface area contributed by atoms with Gasteiger partial charge in [0.2, 0.25) is 0 Å². The second kappa shape index (κ2) is 6.08. The third kappa shape index (κ3) is 3.48. The average Bonchev–Trinajstić information content (AvgIpc) is 2.37. The first-order valence-electron chi connectivity index (χ1n) is 5.94. The van der Waals surface area contributed by atoms with Crippen molar-refractivity contribution in [1.29, 1.82) is 0 Å². The first-order valence-corrected chi connectivity index (χ1v) is 5.94. The molecule has 1 aliphatic rings. The molecule has 6 heteroatoms. The van der Waals surface area contributed by atoms with E-state index in [9.17, 15) is 13.6 Å². The van der Waals surface area contributed by atoms with Crippen LogP contribution in [0.4, 0.5) is 8.78 Å². The summed E-state index contributed by atoms with van der Waals surface area (Å²) in [6.07, 6.45) is 0. The van der Waals surface area contributed by atoms with E-state index in [1.54, 1.807) is 4.90 Å². The summed E-state index contributed by atoms with van der Waals surface area (Å²) in [7, 11) is 1.30. The molecule has 0 spiro atoms. The quantitative estimate of drug-likeness (QED) is 0.778. The standard InChI is InChI=1S/C13H15F2NO3/c1-18-13(17)12-8-19-3-2-16(12)7-9-4-10(14)6-11(15)5-9/h4-6,12H,2-3,7-8H2,1H3. The highest BCUT2D eigenvalue weighted by Gasteiger charge is 2.30. The van der Waals surface area contributed by atoms with Crippen molar-refractivity contribution in [2.45, 2.75) is 12.6 Å². The van der Waals surface area contributed by atoms with Gasteiger partial charge in [0.15, 0.2) is 0 Å². The van der Waals surface area contributed by atoms with Crippen LogP contribution in [0.1, 0.15) is 5.56 Å². The molecular weight excluding hydrogens is 256 g/mol. The number of hydrogen-bond acceptors (Lipinski definition) is 4. The maximum Gasteiger partial charge on any atom is 0.325 e. The molecule has 0 radical (unpaired) electrons. The van der Waals surface area contributed by atoms with Crippen LogP contribution in [-0.4, -0.2) is 43.8 Å². The minimum atomic E-state index is -0.627. The van der Waals surface area contributed by atoms with Crippen molar-refractivity contribution in [1.82, 2.24) is 4.90 Å². The van der Waals surface area contributed by atoms with Gasteiger partial charge in [0, 0.05) is 19.2 Å². The summed E-state index contributed by atoms with van der Waals surface area (Å²) in [5.74, 6) is -1.66. The fourth-order valence-electron chi connectivity index (χ4n) is 2.12. The molecule has 0 bridgehead atoms. The summed E-state index contributed by atoms with van der Waals surface area (Å²) in [5.41, 5.74) is 0.480. The third-order valence-corrected chi connectivity index (χ3v) is 3.02. The van der Waals surface area contributed by atoms with E-state index in [0.717, 1.165) is 6.07 Å². The molecule has 1 saturated heterocycles. The highest BCUT2D eigenvalue weighted by atomic mass is 19.1. The molecule has 0 aromatic heterocycles. The number of rotatable bonds is 3. The van der Waals surface area contributed by atoms with Crippen LogP contribution in [0, 0.1) is 11.6 Å². The Kier molecular flexibility index (Phi) is 4.44. The lowest BCUT2D eigenvalue weighted by molar-refractivity contribution is -0.153. The minimum absolute atomic E-state index is 0.227. The average molecular weight is 271 g/mol. The van der Waals surface area contributed by atoms with Crippen LogP contribution in [0.5, 0.6) is 0 Å². The van der Waals surface area contributed by atoms with Gasteiger partial charge in [0.05, 0.1) is 20.3 Å². The minimum Gasteiger partial charge on any atom is -0.468 e. The zero-order valence-electron chi connectivity index (χ0n) is 10.6. The molecule has 1 aromatic carbocycles. The molecule has 19 heavy (non-hydrogen) atoms. The lowest BCUT2D eigenvalue weighted by Crippen LogP contribution is -2.49. The summed E-state index contributed by atoms with van der Waals surface area (Å²) in [5, 5.41) is 0. The van der Waals surface area contributed by atoms with Crippen LogP contribution in [0.15, 0.2) is 18.2 Å². The molecule has 1 aromatic rings. The fraction of sp³-hybridized carbons (Fsp3) is 0.462. The molecule has 1 atom stereocenters. The Morgan fingerprint density at radius 3 is 2.74 bits per heavy atom. The van der Waals surface area contributed by atoms with Gasteiger partial charge in [-0.15, -0.1) is 0 Å². The predicted octanol–water partition coefficient (Wildman–Crippen LogP) is 1.34. The number of esters is 1. The van der Waals surface area contributed by atoms with Gasteiger partial charge in [-0.2, -0.15) is 0 Å². The number of benzene rings is 1. The van der Waals surface area contributed by atoms with Gasteiger partial charge in [-0.05, 0) is 17.7 Å². The van der Waals surface area contributed by atoms with Crippen molar-refractivity contribution in [3.8, 4) is 0 Å². The topological polar surface area (TPSA) is 38.8 Å². The molecule has 1 fully saturated rings. The molecule has 2 rings (SSSR count). The molecule has 1 unspecified atom stereocenters. The second-order valence-corrected chi connectivity index (χ2v) is 4.36. The van der Waals surface area contributed by atoms with Crippen molar-refractivity contribution < 1.29 is 23.0 Å². The lowest BCUT2D eigenvalue weighted by atomic mass is 10.1. The number of nitrogens with zero attached hydrogens (tertiary/aromatic N) is 1. The number of methoxy groups -OCH3 is 1. The zero-order valence-corrected chi connectivity index (χ0v) is 10.6. The van der Waals surface area contributed by atoms with Gasteiger partial charge in [-0.25, -0.2) is 8.78 Å². The van der Waals surface area contributed by atoms with Crippen molar-refractivity contribution in [3.05, 3.63) is 35.4 Å². The molecule has 4 nitrogen and oxygen atoms in total. The Bertz CT molecular complexity index is 447. The molecule has 0 aliphatic carbocycles. The largest absolute Gasteiger partial charge is 0.468 e. The van der Waals surface area contributed by atoms with Crippen molar-refractivity contribution in [2.75, 3.05) is 26.9 Å². The van der Waals surface area contributed by atoms with Gasteiger partial charge in [-0.3, -0.25) is 9.69 Å². The predicted molar refractivity (Wildman–Crippen MR) is 63.4 cm³/mol. The first-order chi connectivity index (χ1) is 9.10. The Morgan fingerprint density at radius 1 is 1.42 bits per heavy atom. The molecule has 1 heterocycles. The first kappa shape index (κ1) is 13.9. The smallest absolute Gasteiger partial charge is 0.325 e. The van der Waals surface area contributed by atoms with E-state index in [-0.39, 0.29) is 13.2 Å². The number of ether oxygens (including phenoxy) is 2. The SMILES string of the molecule is COC(=O)C1COCCN1Cc1cc(F)cc(F)c1. The number of morpholine rings is 1. The highest BCUT2D eigenvalue weighted by molar-refractivity contribution is 5.75. The Morgan fingerprint density at radius 2 is 2.11 bits per heavy atom. The van der Waals surface area contributed by atoms with Gasteiger partial charge < -0.3 is 9.47 Å². The van der Waals surface area contributed by atoms with E-state index < -0.39 is 23.6 Å². The molecule has 0 amide bonds. The Balaban J connectivity index is 2.12. The van der Waals surface area contributed by atoms with Crippen LogP contribution in [0.25, 0.3) is 0 Å². The zero-order chi connectivity index (χ0) is 13.8. The van der Waals surface area contributed by atoms with Crippen molar-refractivity contribution in [2.24, 2.45) is 0 Å². The van der Waals surface area contributed by atoms with Crippen molar-refractivity contribution in [3.63, 3.8) is 0 Å². The molecule has 104 valence electrons. The van der Waals surface area contributed by atoms with Crippen LogP contribution in [-0.2, 0) is 20.8 Å². The van der Waals surface area contributed by atoms with Gasteiger partial charge in [0.25, 0.3) is 0 Å². The summed E-state index contributed by atoms with van der Waals surface area (Å²) in [6, 6.07) is 2.80. The van der Waals surface area contributed by atoms with E-state index in [1.807, 2.05) is 0 Å².